The van der Waals surface area contributed by atoms with Gasteiger partial charge in [0.05, 0.1) is 0 Å². The largest absolute Gasteiger partial charge is 0.382 e. The summed E-state index contributed by atoms with van der Waals surface area (Å²) in [6.45, 7) is 5.84. The Hall–Kier alpha value is -0.520. The van der Waals surface area contributed by atoms with Gasteiger partial charge in [-0.1, -0.05) is 0 Å². The normalized spacial score (nSPS) is 9.85. The number of rotatable bonds is 9. The van der Waals surface area contributed by atoms with Crippen LogP contribution in [0.15, 0.2) is 0 Å². The van der Waals surface area contributed by atoms with Crippen molar-refractivity contribution in [3.63, 3.8) is 0 Å². The lowest BCUT2D eigenvalue weighted by Crippen LogP contribution is -2.18. The topological polar surface area (TPSA) is 21.3 Å². The van der Waals surface area contributed by atoms with Gasteiger partial charge in [-0.15, -0.1) is 12.3 Å². The molecule has 0 amide bonds. The van der Waals surface area contributed by atoms with Gasteiger partial charge in [0.15, 0.2) is 0 Å². The van der Waals surface area contributed by atoms with Crippen molar-refractivity contribution in [2.24, 2.45) is 0 Å². The molecule has 2 nitrogen and oxygen atoms in total. The summed E-state index contributed by atoms with van der Waals surface area (Å²) in [6.07, 6.45) is 9.45. The molecule has 0 aliphatic heterocycles. The van der Waals surface area contributed by atoms with Crippen molar-refractivity contribution in [3.05, 3.63) is 0 Å². The summed E-state index contributed by atoms with van der Waals surface area (Å²) >= 11 is 0. The van der Waals surface area contributed by atoms with E-state index in [2.05, 4.69) is 11.2 Å². The molecule has 0 heterocycles. The first-order valence-electron chi connectivity index (χ1n) is 5.13. The van der Waals surface area contributed by atoms with Gasteiger partial charge in [-0.05, 0) is 39.3 Å². The van der Waals surface area contributed by atoms with Gasteiger partial charge in [0.1, 0.15) is 0 Å². The van der Waals surface area contributed by atoms with Gasteiger partial charge >= 0.3 is 0 Å². The summed E-state index contributed by atoms with van der Waals surface area (Å²) < 4.78 is 5.21. The highest BCUT2D eigenvalue weighted by atomic mass is 16.5. The van der Waals surface area contributed by atoms with Crippen LogP contribution in [0.25, 0.3) is 0 Å². The van der Waals surface area contributed by atoms with Crippen LogP contribution in [0.4, 0.5) is 0 Å². The monoisotopic (exact) mass is 183 g/mol. The van der Waals surface area contributed by atoms with Crippen LogP contribution in [-0.4, -0.2) is 26.3 Å². The Morgan fingerprint density at radius 1 is 1.23 bits per heavy atom. The third-order valence-corrected chi connectivity index (χ3v) is 1.77. The van der Waals surface area contributed by atoms with Gasteiger partial charge in [0, 0.05) is 19.6 Å². The van der Waals surface area contributed by atoms with E-state index < -0.39 is 0 Å². The first-order valence-corrected chi connectivity index (χ1v) is 5.13. The van der Waals surface area contributed by atoms with Crippen molar-refractivity contribution in [1.29, 1.82) is 0 Å². The summed E-state index contributed by atoms with van der Waals surface area (Å²) in [5.41, 5.74) is 0. The van der Waals surface area contributed by atoms with Crippen LogP contribution in [0.3, 0.4) is 0 Å². The van der Waals surface area contributed by atoms with Gasteiger partial charge in [-0.3, -0.25) is 0 Å². The maximum atomic E-state index is 5.21. The Bertz CT molecular complexity index is 129. The molecular weight excluding hydrogens is 162 g/mol. The molecule has 0 unspecified atom stereocenters. The Labute approximate surface area is 82.1 Å². The average molecular weight is 183 g/mol. The van der Waals surface area contributed by atoms with Gasteiger partial charge < -0.3 is 10.1 Å². The van der Waals surface area contributed by atoms with Crippen LogP contribution in [0.1, 0.15) is 32.6 Å². The van der Waals surface area contributed by atoms with E-state index in [0.717, 1.165) is 45.6 Å². The second-order valence-corrected chi connectivity index (χ2v) is 2.96. The quantitative estimate of drug-likeness (QED) is 0.435. The van der Waals surface area contributed by atoms with Crippen LogP contribution < -0.4 is 5.32 Å². The molecule has 0 saturated carbocycles. The fraction of sp³-hybridized carbons (Fsp3) is 0.818. The molecule has 0 aromatic carbocycles. The van der Waals surface area contributed by atoms with Crippen LogP contribution in [0.2, 0.25) is 0 Å². The minimum Gasteiger partial charge on any atom is -0.382 e. The smallest absolute Gasteiger partial charge is 0.0477 e. The van der Waals surface area contributed by atoms with E-state index in [4.69, 9.17) is 11.2 Å². The highest BCUT2D eigenvalue weighted by Crippen LogP contribution is 1.91. The van der Waals surface area contributed by atoms with Crippen molar-refractivity contribution < 1.29 is 4.74 Å². The van der Waals surface area contributed by atoms with E-state index in [1.165, 1.54) is 6.42 Å². The summed E-state index contributed by atoms with van der Waals surface area (Å²) in [4.78, 5) is 0. The number of unbranched alkanes of at least 4 members (excludes halogenated alkanes) is 2. The highest BCUT2D eigenvalue weighted by molar-refractivity contribution is 4.82. The molecule has 0 radical (unpaired) electrons. The SMILES string of the molecule is C#CCCCCNCCCOCC. The second-order valence-electron chi connectivity index (χ2n) is 2.96. The zero-order valence-electron chi connectivity index (χ0n) is 8.64. The Kier molecular flexibility index (Phi) is 11.0. The van der Waals surface area contributed by atoms with E-state index in [1.54, 1.807) is 0 Å². The lowest BCUT2D eigenvalue weighted by molar-refractivity contribution is 0.145. The molecule has 0 aromatic rings. The van der Waals surface area contributed by atoms with Gasteiger partial charge in [-0.25, -0.2) is 0 Å². The fourth-order valence-corrected chi connectivity index (χ4v) is 1.05. The molecule has 0 aliphatic rings. The van der Waals surface area contributed by atoms with E-state index in [0.29, 0.717) is 0 Å². The molecule has 1 N–H and O–H groups in total. The Morgan fingerprint density at radius 3 is 2.69 bits per heavy atom. The van der Waals surface area contributed by atoms with Crippen molar-refractivity contribution in [2.45, 2.75) is 32.6 Å². The minimum absolute atomic E-state index is 0.822. The Balaban J connectivity index is 2.80. The molecule has 13 heavy (non-hydrogen) atoms. The number of ether oxygens (including phenoxy) is 1. The fourth-order valence-electron chi connectivity index (χ4n) is 1.05. The van der Waals surface area contributed by atoms with E-state index in [1.807, 2.05) is 6.92 Å². The van der Waals surface area contributed by atoms with Crippen molar-refractivity contribution in [3.8, 4) is 12.3 Å². The zero-order valence-corrected chi connectivity index (χ0v) is 8.64. The van der Waals surface area contributed by atoms with Crippen LogP contribution in [0, 0.1) is 12.3 Å². The van der Waals surface area contributed by atoms with Gasteiger partial charge in [0.2, 0.25) is 0 Å². The molecule has 0 rings (SSSR count). The summed E-state index contributed by atoms with van der Waals surface area (Å²) in [7, 11) is 0. The molecule has 0 atom stereocenters. The van der Waals surface area contributed by atoms with E-state index >= 15 is 0 Å². The summed E-state index contributed by atoms with van der Waals surface area (Å²) in [5, 5.41) is 3.35. The molecule has 0 spiro atoms. The van der Waals surface area contributed by atoms with Crippen LogP contribution in [0.5, 0.6) is 0 Å². The number of hydrogen-bond acceptors (Lipinski definition) is 2. The maximum absolute atomic E-state index is 5.21. The third-order valence-electron chi connectivity index (χ3n) is 1.77. The molecule has 0 aliphatic carbocycles. The van der Waals surface area contributed by atoms with Gasteiger partial charge in [-0.2, -0.15) is 0 Å². The number of terminal acetylenes is 1. The lowest BCUT2D eigenvalue weighted by atomic mass is 10.2. The lowest BCUT2D eigenvalue weighted by Gasteiger charge is -2.03. The maximum Gasteiger partial charge on any atom is 0.0477 e. The average Bonchev–Trinajstić information content (AvgIpc) is 2.16. The molecule has 0 aromatic heterocycles. The van der Waals surface area contributed by atoms with Crippen LogP contribution >= 0.6 is 0 Å². The number of hydrogen-bond donors (Lipinski definition) is 1. The highest BCUT2D eigenvalue weighted by Gasteiger charge is 1.88. The minimum atomic E-state index is 0.822. The standard InChI is InChI=1S/C11H21NO/c1-3-5-6-7-9-12-10-8-11-13-4-2/h1,12H,4-11H2,2H3. The zero-order chi connectivity index (χ0) is 9.78. The molecule has 0 fully saturated rings. The molecule has 76 valence electrons. The number of nitrogens with one attached hydrogen (secondary N) is 1. The second kappa shape index (κ2) is 11.5. The first-order chi connectivity index (χ1) is 6.41. The van der Waals surface area contributed by atoms with Crippen LogP contribution in [-0.2, 0) is 4.74 Å². The molecular formula is C11H21NO. The van der Waals surface area contributed by atoms with Crippen molar-refractivity contribution in [1.82, 2.24) is 5.32 Å². The Morgan fingerprint density at radius 2 is 2.00 bits per heavy atom. The predicted octanol–water partition coefficient (Wildman–Crippen LogP) is 1.81. The van der Waals surface area contributed by atoms with Crippen molar-refractivity contribution >= 4 is 0 Å². The first kappa shape index (κ1) is 12.5. The summed E-state index contributed by atoms with van der Waals surface area (Å²) in [5.74, 6) is 2.64. The summed E-state index contributed by atoms with van der Waals surface area (Å²) in [6, 6.07) is 0. The predicted molar refractivity (Wildman–Crippen MR) is 56.7 cm³/mol. The van der Waals surface area contributed by atoms with Gasteiger partial charge in [0.25, 0.3) is 0 Å². The van der Waals surface area contributed by atoms with E-state index in [-0.39, 0.29) is 0 Å². The third kappa shape index (κ3) is 11.5. The molecule has 0 saturated heterocycles. The molecule has 2 heteroatoms. The molecule has 0 bridgehead atoms. The van der Waals surface area contributed by atoms with E-state index in [9.17, 15) is 0 Å². The van der Waals surface area contributed by atoms with Crippen molar-refractivity contribution in [2.75, 3.05) is 26.3 Å².